The quantitative estimate of drug-likeness (QED) is 0.540. The predicted octanol–water partition coefficient (Wildman–Crippen LogP) is 1.99. The van der Waals surface area contributed by atoms with Crippen LogP contribution in [0.1, 0.15) is 11.1 Å². The van der Waals surface area contributed by atoms with Crippen LogP contribution in [0.5, 0.6) is 0 Å². The van der Waals surface area contributed by atoms with E-state index >= 15 is 0 Å². The highest BCUT2D eigenvalue weighted by Gasteiger charge is 2.12. The maximum absolute atomic E-state index is 12.2. The van der Waals surface area contributed by atoms with Crippen LogP contribution in [0.2, 0.25) is 5.02 Å². The van der Waals surface area contributed by atoms with Gasteiger partial charge in [0, 0.05) is 18.1 Å². The van der Waals surface area contributed by atoms with Crippen LogP contribution in [-0.4, -0.2) is 35.6 Å². The largest absolute Gasteiger partial charge is 0.348 e. The topological polar surface area (TPSA) is 113 Å². The van der Waals surface area contributed by atoms with E-state index in [1.54, 1.807) is 12.1 Å². The van der Waals surface area contributed by atoms with E-state index in [4.69, 9.17) is 11.6 Å². The number of sulfonamides is 1. The molecule has 10 heteroatoms. The molecule has 1 aromatic heterocycles. The van der Waals surface area contributed by atoms with Crippen molar-refractivity contribution in [3.63, 3.8) is 0 Å². The summed E-state index contributed by atoms with van der Waals surface area (Å²) in [7, 11) is -3.53. The van der Waals surface area contributed by atoms with Gasteiger partial charge in [-0.15, -0.1) is 5.10 Å². The van der Waals surface area contributed by atoms with E-state index < -0.39 is 10.0 Å². The van der Waals surface area contributed by atoms with Gasteiger partial charge in [0.1, 0.15) is 0 Å². The van der Waals surface area contributed by atoms with Crippen molar-refractivity contribution in [2.45, 2.75) is 17.9 Å². The fraction of sp³-hybridized carbons (Fsp3) is 0.188. The Kier molecular flexibility index (Phi) is 5.82. The van der Waals surface area contributed by atoms with E-state index in [0.717, 1.165) is 11.1 Å². The van der Waals surface area contributed by atoms with Crippen molar-refractivity contribution in [3.05, 3.63) is 64.7 Å². The average molecular weight is 393 g/mol. The number of anilines is 1. The highest BCUT2D eigenvalue weighted by Crippen LogP contribution is 2.14. The van der Waals surface area contributed by atoms with Crippen LogP contribution in [0, 0.1) is 0 Å². The Morgan fingerprint density at radius 2 is 1.69 bits per heavy atom. The third kappa shape index (κ3) is 5.01. The summed E-state index contributed by atoms with van der Waals surface area (Å²) >= 11 is 5.78. The van der Waals surface area contributed by atoms with Crippen molar-refractivity contribution < 1.29 is 8.42 Å². The van der Waals surface area contributed by atoms with Crippen molar-refractivity contribution in [2.24, 2.45) is 0 Å². The standard InChI is InChI=1S/C16H17ClN6O2S/c17-14-5-7-15(8-6-14)26(24,25)19-10-9-12-1-3-13(4-2-12)11-18-16-20-22-23-21-16/h1-8,19H,9-11H2,(H2,18,20,21,22,23). The van der Waals surface area contributed by atoms with E-state index in [-0.39, 0.29) is 4.90 Å². The van der Waals surface area contributed by atoms with Crippen molar-refractivity contribution in [1.29, 1.82) is 0 Å². The van der Waals surface area contributed by atoms with E-state index in [1.165, 1.54) is 12.1 Å². The Balaban J connectivity index is 1.49. The molecule has 3 N–H and O–H groups in total. The van der Waals surface area contributed by atoms with Crippen LogP contribution in [0.25, 0.3) is 0 Å². The van der Waals surface area contributed by atoms with Crippen molar-refractivity contribution in [2.75, 3.05) is 11.9 Å². The maximum atomic E-state index is 12.2. The van der Waals surface area contributed by atoms with E-state index in [0.29, 0.717) is 30.5 Å². The first-order valence-electron chi connectivity index (χ1n) is 7.83. The first kappa shape index (κ1) is 18.3. The fourth-order valence-corrected chi connectivity index (χ4v) is 3.43. The van der Waals surface area contributed by atoms with Gasteiger partial charge in [-0.1, -0.05) is 41.0 Å². The minimum absolute atomic E-state index is 0.199. The minimum atomic E-state index is -3.53. The lowest BCUT2D eigenvalue weighted by molar-refractivity contribution is 0.581. The average Bonchev–Trinajstić information content (AvgIpc) is 3.15. The molecule has 8 nitrogen and oxygen atoms in total. The van der Waals surface area contributed by atoms with Gasteiger partial charge >= 0.3 is 0 Å². The normalized spacial score (nSPS) is 11.4. The second-order valence-electron chi connectivity index (χ2n) is 5.51. The molecule has 0 aliphatic heterocycles. The summed E-state index contributed by atoms with van der Waals surface area (Å²) in [5.41, 5.74) is 2.09. The van der Waals surface area contributed by atoms with Gasteiger partial charge in [-0.3, -0.25) is 0 Å². The zero-order valence-corrected chi connectivity index (χ0v) is 15.3. The summed E-state index contributed by atoms with van der Waals surface area (Å²) in [5.74, 6) is 0.436. The molecule has 0 aliphatic rings. The number of rotatable bonds is 8. The van der Waals surface area contributed by atoms with Gasteiger partial charge in [-0.05, 0) is 47.0 Å². The Hall–Kier alpha value is -2.49. The van der Waals surface area contributed by atoms with Gasteiger partial charge in [-0.25, -0.2) is 13.1 Å². The van der Waals surface area contributed by atoms with Gasteiger partial charge in [0.2, 0.25) is 10.0 Å². The number of hydrogen-bond donors (Lipinski definition) is 3. The number of benzene rings is 2. The Morgan fingerprint density at radius 1 is 1.00 bits per heavy atom. The van der Waals surface area contributed by atoms with E-state index in [2.05, 4.69) is 30.7 Å². The third-order valence-electron chi connectivity index (χ3n) is 3.65. The highest BCUT2D eigenvalue weighted by molar-refractivity contribution is 7.89. The molecular weight excluding hydrogens is 376 g/mol. The molecule has 136 valence electrons. The lowest BCUT2D eigenvalue weighted by Crippen LogP contribution is -2.25. The summed E-state index contributed by atoms with van der Waals surface area (Å²) in [5, 5.41) is 17.0. The summed E-state index contributed by atoms with van der Waals surface area (Å²) in [6.45, 7) is 0.883. The number of hydrogen-bond acceptors (Lipinski definition) is 6. The van der Waals surface area contributed by atoms with Gasteiger partial charge in [0.15, 0.2) is 0 Å². The molecule has 0 amide bonds. The second-order valence-corrected chi connectivity index (χ2v) is 7.71. The van der Waals surface area contributed by atoms with Gasteiger partial charge in [0.25, 0.3) is 5.95 Å². The third-order valence-corrected chi connectivity index (χ3v) is 5.38. The molecule has 26 heavy (non-hydrogen) atoms. The van der Waals surface area contributed by atoms with Crippen molar-refractivity contribution in [3.8, 4) is 0 Å². The highest BCUT2D eigenvalue weighted by atomic mass is 35.5. The van der Waals surface area contributed by atoms with Crippen LogP contribution in [-0.2, 0) is 23.0 Å². The number of tetrazole rings is 1. The van der Waals surface area contributed by atoms with E-state index in [1.807, 2.05) is 24.3 Å². The summed E-state index contributed by atoms with van der Waals surface area (Å²) in [6.07, 6.45) is 0.589. The molecule has 1 heterocycles. The summed E-state index contributed by atoms with van der Waals surface area (Å²) in [6, 6.07) is 13.9. The molecule has 3 aromatic rings. The lowest BCUT2D eigenvalue weighted by atomic mass is 10.1. The molecule has 2 aromatic carbocycles. The number of nitrogens with one attached hydrogen (secondary N) is 3. The molecule has 0 spiro atoms. The molecule has 0 saturated carbocycles. The minimum Gasteiger partial charge on any atom is -0.348 e. The van der Waals surface area contributed by atoms with E-state index in [9.17, 15) is 8.42 Å². The van der Waals surface area contributed by atoms with Gasteiger partial charge in [-0.2, -0.15) is 5.21 Å². The summed E-state index contributed by atoms with van der Waals surface area (Å²) < 4.78 is 27.0. The Labute approximate surface area is 156 Å². The smallest absolute Gasteiger partial charge is 0.263 e. The molecule has 0 bridgehead atoms. The molecule has 3 rings (SSSR count). The Morgan fingerprint density at radius 3 is 2.35 bits per heavy atom. The maximum Gasteiger partial charge on any atom is 0.263 e. The second kappa shape index (κ2) is 8.26. The molecular formula is C16H17ClN6O2S. The number of nitrogens with zero attached hydrogens (tertiary/aromatic N) is 3. The Bertz CT molecular complexity index is 928. The molecule has 0 radical (unpaired) electrons. The van der Waals surface area contributed by atoms with Crippen LogP contribution in [0.4, 0.5) is 5.95 Å². The molecule has 0 aliphatic carbocycles. The fourth-order valence-electron chi connectivity index (χ4n) is 2.27. The molecule has 0 fully saturated rings. The van der Waals surface area contributed by atoms with Gasteiger partial charge < -0.3 is 5.32 Å². The number of aromatic nitrogens is 4. The number of H-pyrrole nitrogens is 1. The zero-order valence-electron chi connectivity index (χ0n) is 13.7. The van der Waals surface area contributed by atoms with Crippen LogP contribution in [0.3, 0.4) is 0 Å². The van der Waals surface area contributed by atoms with Crippen LogP contribution in [0.15, 0.2) is 53.4 Å². The van der Waals surface area contributed by atoms with Crippen LogP contribution < -0.4 is 10.0 Å². The van der Waals surface area contributed by atoms with Crippen LogP contribution >= 0.6 is 11.6 Å². The summed E-state index contributed by atoms with van der Waals surface area (Å²) in [4.78, 5) is 0.199. The SMILES string of the molecule is O=S(=O)(NCCc1ccc(CNc2nn[nH]n2)cc1)c1ccc(Cl)cc1. The van der Waals surface area contributed by atoms with Crippen molar-refractivity contribution in [1.82, 2.24) is 25.3 Å². The van der Waals surface area contributed by atoms with Crippen molar-refractivity contribution >= 4 is 27.6 Å². The lowest BCUT2D eigenvalue weighted by Gasteiger charge is -2.08. The predicted molar refractivity (Wildman–Crippen MR) is 98.3 cm³/mol. The van der Waals surface area contributed by atoms with Gasteiger partial charge in [0.05, 0.1) is 4.90 Å². The first-order chi connectivity index (χ1) is 12.5. The molecule has 0 saturated heterocycles. The molecule has 0 unspecified atom stereocenters. The monoisotopic (exact) mass is 392 g/mol. The first-order valence-corrected chi connectivity index (χ1v) is 9.69. The number of halogens is 1. The zero-order chi connectivity index (χ0) is 18.4. The molecule has 0 atom stereocenters. The number of aromatic amines is 1.